The zero-order valence-electron chi connectivity index (χ0n) is 12.6. The van der Waals surface area contributed by atoms with Gasteiger partial charge in [0.2, 0.25) is 0 Å². The molecule has 0 rings (SSSR count). The minimum Gasteiger partial charge on any atom is -0.394 e. The first-order valence-electron chi connectivity index (χ1n) is 6.42. The minimum atomic E-state index is -4.81. The van der Waals surface area contributed by atoms with E-state index in [0.29, 0.717) is 0 Å². The normalized spacial score (nSPS) is 23.0. The molecule has 0 saturated carbocycles. The van der Waals surface area contributed by atoms with Gasteiger partial charge < -0.3 is 40.2 Å². The molecule has 0 aromatic heterocycles. The molecule has 152 valence electrons. The molecule has 3 unspecified atom stereocenters. The van der Waals surface area contributed by atoms with Gasteiger partial charge in [-0.05, 0) is 0 Å². The Balaban J connectivity index is 5.74. The van der Waals surface area contributed by atoms with Gasteiger partial charge in [0, 0.05) is 0 Å². The Morgan fingerprint density at radius 3 is 1.12 bits per heavy atom. The van der Waals surface area contributed by atoms with E-state index in [-0.39, 0.29) is 0 Å². The van der Waals surface area contributed by atoms with Gasteiger partial charge in [-0.25, -0.2) is 0 Å². The molecule has 0 saturated heterocycles. The molecular formula is C8H21O14P3. The van der Waals surface area contributed by atoms with Crippen LogP contribution < -0.4 is 0 Å². The molecule has 0 radical (unpaired) electrons. The average molecular weight is 434 g/mol. The quantitative estimate of drug-likeness (QED) is 0.140. The van der Waals surface area contributed by atoms with E-state index < -0.39 is 73.4 Å². The van der Waals surface area contributed by atoms with Crippen molar-refractivity contribution >= 4 is 22.8 Å². The molecule has 0 aromatic rings. The van der Waals surface area contributed by atoms with E-state index in [4.69, 9.17) is 15.3 Å². The lowest BCUT2D eigenvalue weighted by molar-refractivity contribution is -0.0698. The van der Waals surface area contributed by atoms with Crippen molar-refractivity contribution in [2.45, 2.75) is 18.3 Å². The van der Waals surface area contributed by atoms with Gasteiger partial charge in [-0.2, -0.15) is 0 Å². The number of aliphatic hydroxyl groups excluding tert-OH is 5. The van der Waals surface area contributed by atoms with Gasteiger partial charge in [0.1, 0.15) is 37.4 Å². The molecule has 25 heavy (non-hydrogen) atoms. The third-order valence-electron chi connectivity index (χ3n) is 2.52. The highest BCUT2D eigenvalue weighted by molar-refractivity contribution is 7.53. The summed E-state index contributed by atoms with van der Waals surface area (Å²) in [6.07, 6.45) is -10.4. The molecule has 8 N–H and O–H groups in total. The lowest BCUT2D eigenvalue weighted by Crippen LogP contribution is -2.45. The third kappa shape index (κ3) is 9.14. The predicted molar refractivity (Wildman–Crippen MR) is 79.5 cm³/mol. The van der Waals surface area contributed by atoms with Crippen LogP contribution in [0.2, 0.25) is 0 Å². The average Bonchev–Trinajstić information content (AvgIpc) is 2.56. The Kier molecular flexibility index (Phi) is 10.7. The summed E-state index contributed by atoms with van der Waals surface area (Å²) in [5, 5.41) is 44.7. The highest BCUT2D eigenvalue weighted by Gasteiger charge is 2.42. The molecule has 17 heteroatoms. The molecule has 14 nitrogen and oxygen atoms in total. The summed E-state index contributed by atoms with van der Waals surface area (Å²) in [6, 6.07) is 0. The molecular weight excluding hydrogens is 413 g/mol. The van der Waals surface area contributed by atoms with E-state index in [9.17, 15) is 38.6 Å². The molecule has 0 heterocycles. The van der Waals surface area contributed by atoms with Crippen molar-refractivity contribution in [2.75, 3.05) is 32.3 Å². The van der Waals surface area contributed by atoms with Crippen molar-refractivity contribution in [2.24, 2.45) is 0 Å². The Bertz CT molecular complexity index is 504. The standard InChI is InChI=1S/C8H21O14P3/c9-1-6(20-23(14,15)3-11)8(22-25(18,19)5-13)7(2-10)21-24(16,17)4-12/h6-13H,1-5H2,(H,14,15)(H,16,17)(H,18,19)/t6-,7-/m1/s1. The summed E-state index contributed by atoms with van der Waals surface area (Å²) in [5.41, 5.74) is 0. The molecule has 0 bridgehead atoms. The Hall–Kier alpha value is 0.250. The summed E-state index contributed by atoms with van der Waals surface area (Å²) >= 11 is 0. The van der Waals surface area contributed by atoms with Crippen molar-refractivity contribution in [1.82, 2.24) is 0 Å². The van der Waals surface area contributed by atoms with Crippen LogP contribution in [0.25, 0.3) is 0 Å². The summed E-state index contributed by atoms with van der Waals surface area (Å²) in [4.78, 5) is 27.8. The van der Waals surface area contributed by atoms with Gasteiger partial charge >= 0.3 is 22.8 Å². The fourth-order valence-electron chi connectivity index (χ4n) is 1.48. The van der Waals surface area contributed by atoms with Crippen molar-refractivity contribution in [3.05, 3.63) is 0 Å². The molecule has 0 spiro atoms. The van der Waals surface area contributed by atoms with Gasteiger partial charge in [-0.15, -0.1) is 0 Å². The Morgan fingerprint density at radius 2 is 0.880 bits per heavy atom. The second-order valence-corrected chi connectivity index (χ2v) is 9.87. The van der Waals surface area contributed by atoms with Crippen LogP contribution in [0.4, 0.5) is 0 Å². The van der Waals surface area contributed by atoms with Crippen LogP contribution in [0.1, 0.15) is 0 Å². The SMILES string of the molecule is O=P(O)(CO)OC([C@@H](CO)OP(=O)(O)CO)[C@@H](CO)OP(=O)(O)CO. The largest absolute Gasteiger partial charge is 0.394 e. The highest BCUT2D eigenvalue weighted by Crippen LogP contribution is 2.49. The number of hydrogen-bond acceptors (Lipinski definition) is 11. The summed E-state index contributed by atoms with van der Waals surface area (Å²) in [5.74, 6) is 0. The van der Waals surface area contributed by atoms with Crippen molar-refractivity contribution in [1.29, 1.82) is 0 Å². The summed E-state index contributed by atoms with van der Waals surface area (Å²) < 4.78 is 47.9. The first kappa shape index (κ1) is 25.2. The van der Waals surface area contributed by atoms with E-state index in [0.717, 1.165) is 0 Å². The molecule has 5 atom stereocenters. The Labute approximate surface area is 141 Å². The molecule has 0 fully saturated rings. The lowest BCUT2D eigenvalue weighted by atomic mass is 10.1. The lowest BCUT2D eigenvalue weighted by Gasteiger charge is -2.33. The maximum atomic E-state index is 11.6. The van der Waals surface area contributed by atoms with Crippen LogP contribution in [0.15, 0.2) is 0 Å². The highest BCUT2D eigenvalue weighted by atomic mass is 31.2. The van der Waals surface area contributed by atoms with Gasteiger partial charge in [-0.1, -0.05) is 0 Å². The monoisotopic (exact) mass is 434 g/mol. The summed E-state index contributed by atoms with van der Waals surface area (Å²) in [7, 11) is -14.2. The maximum Gasteiger partial charge on any atom is 0.353 e. The van der Waals surface area contributed by atoms with Gasteiger partial charge in [0.25, 0.3) is 0 Å². The number of rotatable bonds is 13. The maximum absolute atomic E-state index is 11.6. The summed E-state index contributed by atoms with van der Waals surface area (Å²) in [6.45, 7) is -2.37. The van der Waals surface area contributed by atoms with Crippen LogP contribution in [-0.2, 0) is 27.3 Å². The molecule has 0 aliphatic heterocycles. The number of aliphatic hydroxyl groups is 5. The molecule has 0 aliphatic rings. The van der Waals surface area contributed by atoms with Gasteiger partial charge in [0.05, 0.1) is 13.2 Å². The molecule has 0 aromatic carbocycles. The van der Waals surface area contributed by atoms with Crippen LogP contribution in [0.3, 0.4) is 0 Å². The van der Waals surface area contributed by atoms with Gasteiger partial charge in [-0.3, -0.25) is 27.3 Å². The minimum absolute atomic E-state index is 1.19. The van der Waals surface area contributed by atoms with Gasteiger partial charge in [0.15, 0.2) is 0 Å². The molecule has 0 aliphatic carbocycles. The van der Waals surface area contributed by atoms with E-state index >= 15 is 0 Å². The predicted octanol–water partition coefficient (Wildman–Crippen LogP) is -2.47. The van der Waals surface area contributed by atoms with E-state index in [1.54, 1.807) is 0 Å². The zero-order chi connectivity index (χ0) is 19.9. The third-order valence-corrected chi connectivity index (χ3v) is 5.36. The smallest absolute Gasteiger partial charge is 0.353 e. The fraction of sp³-hybridized carbons (Fsp3) is 1.00. The second kappa shape index (κ2) is 10.5. The second-order valence-electron chi connectivity index (χ2n) is 4.56. The van der Waals surface area contributed by atoms with Crippen LogP contribution in [0, 0.1) is 0 Å². The van der Waals surface area contributed by atoms with Crippen LogP contribution in [-0.4, -0.2) is 90.8 Å². The first-order chi connectivity index (χ1) is 11.4. The topological polar surface area (TPSA) is 241 Å². The van der Waals surface area contributed by atoms with E-state index in [2.05, 4.69) is 13.6 Å². The van der Waals surface area contributed by atoms with E-state index in [1.807, 2.05) is 0 Å². The van der Waals surface area contributed by atoms with Crippen LogP contribution >= 0.6 is 22.8 Å². The van der Waals surface area contributed by atoms with Crippen molar-refractivity contribution in [3.63, 3.8) is 0 Å². The van der Waals surface area contributed by atoms with Crippen molar-refractivity contribution in [3.8, 4) is 0 Å². The fourth-order valence-corrected chi connectivity index (χ4v) is 3.55. The van der Waals surface area contributed by atoms with Crippen molar-refractivity contribution < 1.29 is 67.5 Å². The number of hydrogen-bond donors (Lipinski definition) is 8. The zero-order valence-corrected chi connectivity index (χ0v) is 15.3. The Morgan fingerprint density at radius 1 is 0.600 bits per heavy atom. The molecule has 0 amide bonds. The van der Waals surface area contributed by atoms with Crippen LogP contribution in [0.5, 0.6) is 0 Å². The van der Waals surface area contributed by atoms with E-state index in [1.165, 1.54) is 0 Å². The first-order valence-corrected chi connectivity index (χ1v) is 11.7.